The van der Waals surface area contributed by atoms with Crippen LogP contribution in [0.2, 0.25) is 0 Å². The third-order valence-electron chi connectivity index (χ3n) is 3.35. The highest BCUT2D eigenvalue weighted by atomic mass is 32.1. The molecule has 6 N–H and O–H groups in total. The lowest BCUT2D eigenvalue weighted by molar-refractivity contribution is 0.0838. The van der Waals surface area contributed by atoms with Crippen molar-refractivity contribution in [3.8, 4) is 0 Å². The SMILES string of the molecule is CNC(=O)c1sc(N2CCC(C)(O)C2)c(C(N)=O)c1N. The van der Waals surface area contributed by atoms with E-state index in [1.54, 1.807) is 6.92 Å². The minimum atomic E-state index is -0.819. The number of aliphatic hydroxyl groups is 1. The molecule has 20 heavy (non-hydrogen) atoms. The minimum absolute atomic E-state index is 0.100. The Labute approximate surface area is 120 Å². The molecule has 7 nitrogen and oxygen atoms in total. The molecule has 0 spiro atoms. The second-order valence-electron chi connectivity index (χ2n) is 5.14. The zero-order valence-corrected chi connectivity index (χ0v) is 12.2. The Balaban J connectivity index is 2.47. The Morgan fingerprint density at radius 3 is 2.60 bits per heavy atom. The number of nitrogens with zero attached hydrogens (tertiary/aromatic N) is 1. The number of nitrogens with one attached hydrogen (secondary N) is 1. The van der Waals surface area contributed by atoms with E-state index < -0.39 is 11.5 Å². The van der Waals surface area contributed by atoms with Gasteiger partial charge in [0.15, 0.2) is 0 Å². The lowest BCUT2D eigenvalue weighted by atomic mass is 10.1. The quantitative estimate of drug-likeness (QED) is 0.613. The zero-order chi connectivity index (χ0) is 15.1. The van der Waals surface area contributed by atoms with Crippen LogP contribution in [0.4, 0.5) is 10.7 Å². The third kappa shape index (κ3) is 2.44. The summed E-state index contributed by atoms with van der Waals surface area (Å²) in [7, 11) is 1.49. The molecule has 1 unspecified atom stereocenters. The number of thiophene rings is 1. The molecule has 0 saturated carbocycles. The maximum absolute atomic E-state index is 11.8. The van der Waals surface area contributed by atoms with Gasteiger partial charge in [0.2, 0.25) is 0 Å². The minimum Gasteiger partial charge on any atom is -0.397 e. The summed E-state index contributed by atoms with van der Waals surface area (Å²) in [6.07, 6.45) is 0.582. The summed E-state index contributed by atoms with van der Waals surface area (Å²) in [4.78, 5) is 25.5. The average Bonchev–Trinajstić information content (AvgIpc) is 2.88. The molecule has 0 aliphatic carbocycles. The van der Waals surface area contributed by atoms with Crippen LogP contribution >= 0.6 is 11.3 Å². The van der Waals surface area contributed by atoms with Crippen molar-refractivity contribution in [1.29, 1.82) is 0 Å². The summed E-state index contributed by atoms with van der Waals surface area (Å²) in [5.41, 5.74) is 10.7. The molecule has 110 valence electrons. The number of amides is 2. The first-order chi connectivity index (χ1) is 9.26. The van der Waals surface area contributed by atoms with Crippen molar-refractivity contribution in [2.24, 2.45) is 5.73 Å². The Morgan fingerprint density at radius 2 is 2.15 bits per heavy atom. The normalized spacial score (nSPS) is 22.1. The molecule has 2 rings (SSSR count). The number of nitrogens with two attached hydrogens (primary N) is 2. The van der Waals surface area contributed by atoms with Gasteiger partial charge in [0, 0.05) is 20.1 Å². The molecule has 0 radical (unpaired) electrons. The Hall–Kier alpha value is -1.80. The molecule has 0 aromatic carbocycles. The monoisotopic (exact) mass is 298 g/mol. The fraction of sp³-hybridized carbons (Fsp3) is 0.500. The molecule has 1 aromatic rings. The zero-order valence-electron chi connectivity index (χ0n) is 11.4. The number of carbonyl (C=O) groups excluding carboxylic acids is 2. The van der Waals surface area contributed by atoms with Gasteiger partial charge in [0.05, 0.1) is 16.9 Å². The summed E-state index contributed by atoms with van der Waals surface area (Å²) in [5.74, 6) is -1.03. The van der Waals surface area contributed by atoms with E-state index in [0.717, 1.165) is 11.3 Å². The van der Waals surface area contributed by atoms with Crippen LogP contribution in [0.3, 0.4) is 0 Å². The topological polar surface area (TPSA) is 122 Å². The maximum atomic E-state index is 11.8. The van der Waals surface area contributed by atoms with Gasteiger partial charge in [0.1, 0.15) is 9.88 Å². The van der Waals surface area contributed by atoms with Crippen LogP contribution in [-0.4, -0.2) is 42.7 Å². The average molecular weight is 298 g/mol. The van der Waals surface area contributed by atoms with Crippen LogP contribution in [-0.2, 0) is 0 Å². The van der Waals surface area contributed by atoms with E-state index in [1.165, 1.54) is 7.05 Å². The molecule has 1 saturated heterocycles. The van der Waals surface area contributed by atoms with Crippen LogP contribution in [0, 0.1) is 0 Å². The number of primary amides is 1. The van der Waals surface area contributed by atoms with E-state index in [4.69, 9.17) is 11.5 Å². The lowest BCUT2D eigenvalue weighted by Crippen LogP contribution is -2.30. The van der Waals surface area contributed by atoms with Crippen molar-refractivity contribution in [1.82, 2.24) is 5.32 Å². The van der Waals surface area contributed by atoms with Crippen LogP contribution < -0.4 is 21.7 Å². The molecule has 2 amide bonds. The Morgan fingerprint density at radius 1 is 1.50 bits per heavy atom. The molecule has 1 atom stereocenters. The van der Waals surface area contributed by atoms with Gasteiger partial charge < -0.3 is 26.8 Å². The number of hydrogen-bond acceptors (Lipinski definition) is 6. The van der Waals surface area contributed by atoms with Gasteiger partial charge in [-0.3, -0.25) is 9.59 Å². The second kappa shape index (κ2) is 4.95. The highest BCUT2D eigenvalue weighted by Crippen LogP contribution is 2.40. The molecule has 8 heteroatoms. The van der Waals surface area contributed by atoms with Gasteiger partial charge in [-0.1, -0.05) is 0 Å². The first kappa shape index (κ1) is 14.6. The van der Waals surface area contributed by atoms with Crippen molar-refractivity contribution >= 4 is 33.8 Å². The molecule has 1 aromatic heterocycles. The fourth-order valence-corrected chi connectivity index (χ4v) is 3.49. The van der Waals surface area contributed by atoms with Crippen molar-refractivity contribution in [2.45, 2.75) is 18.9 Å². The van der Waals surface area contributed by atoms with Gasteiger partial charge in [-0.2, -0.15) is 0 Å². The van der Waals surface area contributed by atoms with Crippen LogP contribution in [0.25, 0.3) is 0 Å². The smallest absolute Gasteiger partial charge is 0.263 e. The summed E-state index contributed by atoms with van der Waals surface area (Å²) < 4.78 is 0. The van der Waals surface area contributed by atoms with Gasteiger partial charge in [-0.25, -0.2) is 0 Å². The van der Waals surface area contributed by atoms with Gasteiger partial charge >= 0.3 is 0 Å². The highest BCUT2D eigenvalue weighted by Gasteiger charge is 2.35. The van der Waals surface area contributed by atoms with Gasteiger partial charge in [-0.15, -0.1) is 11.3 Å². The number of carbonyl (C=O) groups is 2. The predicted molar refractivity (Wildman–Crippen MR) is 78.1 cm³/mol. The van der Waals surface area contributed by atoms with E-state index in [9.17, 15) is 14.7 Å². The maximum Gasteiger partial charge on any atom is 0.263 e. The van der Waals surface area contributed by atoms with Crippen LogP contribution in [0.15, 0.2) is 0 Å². The number of anilines is 2. The summed E-state index contributed by atoms with van der Waals surface area (Å²) in [5, 5.41) is 13.1. The van der Waals surface area contributed by atoms with Crippen LogP contribution in [0.5, 0.6) is 0 Å². The predicted octanol–water partition coefficient (Wildman–Crippen LogP) is -0.250. The highest BCUT2D eigenvalue weighted by molar-refractivity contribution is 7.19. The largest absolute Gasteiger partial charge is 0.397 e. The number of rotatable bonds is 3. The van der Waals surface area contributed by atoms with Crippen LogP contribution in [0.1, 0.15) is 33.4 Å². The molecular weight excluding hydrogens is 280 g/mol. The molecule has 1 aliphatic rings. The Bertz CT molecular complexity index is 567. The third-order valence-corrected chi connectivity index (χ3v) is 4.61. The first-order valence-corrected chi connectivity index (χ1v) is 7.00. The van der Waals surface area contributed by atoms with Crippen molar-refractivity contribution in [3.05, 3.63) is 10.4 Å². The van der Waals surface area contributed by atoms with Gasteiger partial charge in [-0.05, 0) is 13.3 Å². The van der Waals surface area contributed by atoms with Crippen molar-refractivity contribution in [2.75, 3.05) is 30.8 Å². The molecule has 2 heterocycles. The number of β-amino-alcohol motifs (C(OH)–C–C–N with tert-alkyl or cyclic N) is 1. The second-order valence-corrected chi connectivity index (χ2v) is 6.14. The first-order valence-electron chi connectivity index (χ1n) is 6.18. The van der Waals surface area contributed by atoms with E-state index in [1.807, 2.05) is 4.90 Å². The van der Waals surface area contributed by atoms with E-state index in [0.29, 0.717) is 24.5 Å². The van der Waals surface area contributed by atoms with Crippen molar-refractivity contribution in [3.63, 3.8) is 0 Å². The van der Waals surface area contributed by atoms with Gasteiger partial charge in [0.25, 0.3) is 11.8 Å². The summed E-state index contributed by atoms with van der Waals surface area (Å²) in [6, 6.07) is 0. The summed E-state index contributed by atoms with van der Waals surface area (Å²) >= 11 is 1.12. The molecule has 0 bridgehead atoms. The number of nitrogen functional groups attached to an aromatic ring is 1. The van der Waals surface area contributed by atoms with E-state index in [2.05, 4.69) is 5.32 Å². The Kier molecular flexibility index (Phi) is 3.61. The summed E-state index contributed by atoms with van der Waals surface area (Å²) in [6.45, 7) is 2.69. The van der Waals surface area contributed by atoms with Crippen molar-refractivity contribution < 1.29 is 14.7 Å². The van der Waals surface area contributed by atoms with E-state index in [-0.39, 0.29) is 22.0 Å². The standard InChI is InChI=1S/C12H18N4O3S/c1-12(19)3-4-16(5-12)11-6(9(14)17)7(13)8(20-11)10(18)15-2/h19H,3-5,13H2,1-2H3,(H2,14,17)(H,15,18). The number of hydrogen-bond donors (Lipinski definition) is 4. The molecule has 1 fully saturated rings. The lowest BCUT2D eigenvalue weighted by Gasteiger charge is -2.20. The molecular formula is C12H18N4O3S. The fourth-order valence-electron chi connectivity index (χ4n) is 2.29. The molecule has 1 aliphatic heterocycles. The van der Waals surface area contributed by atoms with E-state index >= 15 is 0 Å².